The molecule has 2 unspecified atom stereocenters. The number of carbonyl (C=O) groups excluding carboxylic acids is 1. The smallest absolute Gasteiger partial charge is 0.338 e. The van der Waals surface area contributed by atoms with E-state index in [0.717, 1.165) is 25.9 Å². The number of likely N-dealkylation sites (tertiary alicyclic amines) is 1. The van der Waals surface area contributed by atoms with Gasteiger partial charge in [0, 0.05) is 31.0 Å². The van der Waals surface area contributed by atoms with E-state index in [1.807, 2.05) is 0 Å². The van der Waals surface area contributed by atoms with E-state index in [1.54, 1.807) is 12.1 Å². The minimum atomic E-state index is -0.409. The summed E-state index contributed by atoms with van der Waals surface area (Å²) < 4.78 is 19.2. The first kappa shape index (κ1) is 22.2. The lowest BCUT2D eigenvalue weighted by Gasteiger charge is -2.50. The molecule has 3 rings (SSSR count). The summed E-state index contributed by atoms with van der Waals surface area (Å²) in [6, 6.07) is 6.16. The van der Waals surface area contributed by atoms with Gasteiger partial charge in [-0.3, -0.25) is 0 Å². The van der Waals surface area contributed by atoms with Crippen molar-refractivity contribution in [1.82, 2.24) is 9.80 Å². The Labute approximate surface area is 161 Å². The molecule has 142 valence electrons. The monoisotopic (exact) mass is 392 g/mol. The minimum Gasteiger partial charge on any atom is -0.458 e. The molecule has 2 fully saturated rings. The summed E-state index contributed by atoms with van der Waals surface area (Å²) in [7, 11) is 6.30. The average Bonchev–Trinajstić information content (AvgIpc) is 2.48. The fraction of sp³-hybridized carbons (Fsp3) is 0.611. The third kappa shape index (κ3) is 4.85. The molecular weight excluding hydrogens is 366 g/mol. The molecule has 2 bridgehead atoms. The molecule has 1 saturated carbocycles. The molecule has 1 heterocycles. The van der Waals surface area contributed by atoms with Crippen LogP contribution in [0.15, 0.2) is 24.3 Å². The molecule has 0 spiro atoms. The summed E-state index contributed by atoms with van der Waals surface area (Å²) in [5.41, 5.74) is 0.295. The largest absolute Gasteiger partial charge is 0.458 e. The predicted molar refractivity (Wildman–Crippen MR) is 101 cm³/mol. The van der Waals surface area contributed by atoms with E-state index in [4.69, 9.17) is 4.74 Å². The van der Waals surface area contributed by atoms with E-state index in [2.05, 4.69) is 30.9 Å². The topological polar surface area (TPSA) is 32.8 Å². The molecule has 0 amide bonds. The van der Waals surface area contributed by atoms with Crippen molar-refractivity contribution in [2.24, 2.45) is 11.8 Å². The Bertz CT molecular complexity index is 588. The Hall–Kier alpha value is -0.880. The molecule has 0 aromatic heterocycles. The van der Waals surface area contributed by atoms with Gasteiger partial charge in [0.1, 0.15) is 11.9 Å². The quantitative estimate of drug-likeness (QED) is 0.739. The molecule has 7 heteroatoms. The van der Waals surface area contributed by atoms with Gasteiger partial charge >= 0.3 is 5.97 Å². The highest BCUT2D eigenvalue weighted by molar-refractivity contribution is 5.89. The molecule has 4 nitrogen and oxygen atoms in total. The van der Waals surface area contributed by atoms with Crippen molar-refractivity contribution in [2.45, 2.75) is 25.0 Å². The molecule has 25 heavy (non-hydrogen) atoms. The number of hydrogen-bond acceptors (Lipinski definition) is 4. The maximum Gasteiger partial charge on any atom is 0.338 e. The zero-order valence-corrected chi connectivity index (χ0v) is 16.5. The summed E-state index contributed by atoms with van der Waals surface area (Å²) in [4.78, 5) is 17.0. The third-order valence-electron chi connectivity index (χ3n) is 5.25. The van der Waals surface area contributed by atoms with E-state index in [9.17, 15) is 9.18 Å². The van der Waals surface area contributed by atoms with Crippen LogP contribution in [0.4, 0.5) is 4.39 Å². The van der Waals surface area contributed by atoms with Gasteiger partial charge in [-0.25, -0.2) is 9.18 Å². The van der Waals surface area contributed by atoms with Crippen molar-refractivity contribution < 1.29 is 13.9 Å². The molecule has 0 radical (unpaired) electrons. The van der Waals surface area contributed by atoms with Crippen LogP contribution in [0.2, 0.25) is 0 Å². The highest BCUT2D eigenvalue weighted by Crippen LogP contribution is 2.38. The van der Waals surface area contributed by atoms with Crippen LogP contribution in [0.25, 0.3) is 0 Å². The van der Waals surface area contributed by atoms with Crippen molar-refractivity contribution >= 4 is 30.8 Å². The minimum absolute atomic E-state index is 0. The van der Waals surface area contributed by atoms with Gasteiger partial charge in [-0.05, 0) is 52.2 Å². The van der Waals surface area contributed by atoms with Gasteiger partial charge in [0.25, 0.3) is 0 Å². The number of fused-ring (bicyclic) bond motifs is 2. The molecule has 2 aliphatic rings. The molecular formula is C18H27Cl2FN2O2. The van der Waals surface area contributed by atoms with Gasteiger partial charge in [0.05, 0.1) is 5.56 Å². The molecule has 0 N–H and O–H groups in total. The van der Waals surface area contributed by atoms with Gasteiger partial charge in [-0.2, -0.15) is 0 Å². The number of hydrogen-bond donors (Lipinski definition) is 0. The normalized spacial score (nSPS) is 28.7. The average molecular weight is 393 g/mol. The maximum atomic E-state index is 13.3. The van der Waals surface area contributed by atoms with Crippen LogP contribution in [0.3, 0.4) is 0 Å². The van der Waals surface area contributed by atoms with Crippen LogP contribution in [-0.2, 0) is 4.74 Å². The zero-order valence-electron chi connectivity index (χ0n) is 14.9. The highest BCUT2D eigenvalue weighted by Gasteiger charge is 2.46. The van der Waals surface area contributed by atoms with E-state index in [0.29, 0.717) is 23.4 Å². The predicted octanol–water partition coefficient (Wildman–Crippen LogP) is 3.10. The van der Waals surface area contributed by atoms with Gasteiger partial charge in [-0.15, -0.1) is 24.8 Å². The van der Waals surface area contributed by atoms with Gasteiger partial charge in [0.2, 0.25) is 0 Å². The van der Waals surface area contributed by atoms with E-state index in [-0.39, 0.29) is 30.9 Å². The SMILES string of the molecule is CN1CC2CC[C@@H](N(C)C)C(C1)[C@@H]2OC(=O)c1cccc(F)c1.Cl.Cl. The first-order chi connectivity index (χ1) is 11.0. The Morgan fingerprint density at radius 1 is 1.24 bits per heavy atom. The number of rotatable bonds is 3. The molecule has 1 aromatic carbocycles. The number of ether oxygens (including phenoxy) is 1. The highest BCUT2D eigenvalue weighted by atomic mass is 35.5. The van der Waals surface area contributed by atoms with E-state index >= 15 is 0 Å². The second kappa shape index (κ2) is 9.17. The number of nitrogens with zero attached hydrogens (tertiary/aromatic N) is 2. The third-order valence-corrected chi connectivity index (χ3v) is 5.25. The lowest BCUT2D eigenvalue weighted by atomic mass is 9.72. The first-order valence-electron chi connectivity index (χ1n) is 8.27. The summed E-state index contributed by atoms with van der Waals surface area (Å²) in [6.45, 7) is 1.89. The van der Waals surface area contributed by atoms with Crippen molar-refractivity contribution in [3.05, 3.63) is 35.6 Å². The standard InChI is InChI=1S/C18H25FN2O2.2ClH/c1-20(2)16-8-7-13-10-21(3)11-15(16)17(13)23-18(22)12-5-4-6-14(19)9-12;;/h4-6,9,13,15-17H,7-8,10-11H2,1-3H3;2*1H/t13?,15?,16-,17-;;/m1../s1. The summed E-state index contributed by atoms with van der Waals surface area (Å²) >= 11 is 0. The fourth-order valence-electron chi connectivity index (χ4n) is 4.22. The Morgan fingerprint density at radius 2 is 1.96 bits per heavy atom. The number of carbonyl (C=O) groups is 1. The van der Waals surface area contributed by atoms with E-state index < -0.39 is 11.8 Å². The number of esters is 1. The van der Waals surface area contributed by atoms with Crippen LogP contribution in [0, 0.1) is 17.7 Å². The van der Waals surface area contributed by atoms with Crippen LogP contribution in [0.5, 0.6) is 0 Å². The van der Waals surface area contributed by atoms with E-state index in [1.165, 1.54) is 12.1 Å². The van der Waals surface area contributed by atoms with Crippen molar-refractivity contribution in [3.63, 3.8) is 0 Å². The first-order valence-corrected chi connectivity index (χ1v) is 8.27. The Kier molecular flexibility index (Phi) is 8.13. The van der Waals surface area contributed by atoms with Crippen LogP contribution in [0.1, 0.15) is 23.2 Å². The summed E-state index contributed by atoms with van der Waals surface area (Å²) in [5, 5.41) is 0. The van der Waals surface area contributed by atoms with Crippen molar-refractivity contribution in [1.29, 1.82) is 0 Å². The molecule has 1 saturated heterocycles. The molecule has 1 aromatic rings. The maximum absolute atomic E-state index is 13.3. The number of piperidine rings is 1. The van der Waals surface area contributed by atoms with Crippen LogP contribution >= 0.6 is 24.8 Å². The Morgan fingerprint density at radius 3 is 2.60 bits per heavy atom. The number of halogens is 3. The Balaban J connectivity index is 0.00000156. The van der Waals surface area contributed by atoms with Crippen molar-refractivity contribution in [3.8, 4) is 0 Å². The molecule has 1 aliphatic heterocycles. The summed E-state index contributed by atoms with van der Waals surface area (Å²) in [6.07, 6.45) is 2.12. The molecule has 4 atom stereocenters. The summed E-state index contributed by atoms with van der Waals surface area (Å²) in [5.74, 6) is -0.143. The fourth-order valence-corrected chi connectivity index (χ4v) is 4.22. The van der Waals surface area contributed by atoms with Gasteiger partial charge < -0.3 is 14.5 Å². The molecule has 1 aliphatic carbocycles. The zero-order chi connectivity index (χ0) is 16.6. The van der Waals surface area contributed by atoms with Crippen molar-refractivity contribution in [2.75, 3.05) is 34.2 Å². The second-order valence-corrected chi connectivity index (χ2v) is 7.13. The second-order valence-electron chi connectivity index (χ2n) is 7.13. The lowest BCUT2D eigenvalue weighted by molar-refractivity contribution is -0.0873. The van der Waals surface area contributed by atoms with Crippen LogP contribution in [-0.4, -0.2) is 62.1 Å². The van der Waals surface area contributed by atoms with Gasteiger partial charge in [0.15, 0.2) is 0 Å². The number of benzene rings is 1. The van der Waals surface area contributed by atoms with Crippen LogP contribution < -0.4 is 0 Å². The lowest BCUT2D eigenvalue weighted by Crippen LogP contribution is -2.59. The van der Waals surface area contributed by atoms with Gasteiger partial charge in [-0.1, -0.05) is 6.07 Å².